The molecular formula is C21H31N3O4S. The van der Waals surface area contributed by atoms with E-state index in [0.717, 1.165) is 16.9 Å². The molecule has 0 aromatic carbocycles. The molecule has 1 fully saturated rings. The molecule has 1 saturated heterocycles. The van der Waals surface area contributed by atoms with Gasteiger partial charge in [0.1, 0.15) is 5.60 Å². The van der Waals surface area contributed by atoms with E-state index in [4.69, 9.17) is 4.74 Å². The highest BCUT2D eigenvalue weighted by Gasteiger charge is 2.36. The molecule has 0 radical (unpaired) electrons. The third-order valence-corrected chi connectivity index (χ3v) is 7.51. The maximum absolute atomic E-state index is 13.5. The van der Waals surface area contributed by atoms with Gasteiger partial charge in [-0.25, -0.2) is 13.2 Å². The van der Waals surface area contributed by atoms with Crippen LogP contribution in [0.25, 0.3) is 12.2 Å². The zero-order valence-electron chi connectivity index (χ0n) is 17.7. The Morgan fingerprint density at radius 1 is 1.21 bits per heavy atom. The van der Waals surface area contributed by atoms with Gasteiger partial charge < -0.3 is 9.64 Å². The Morgan fingerprint density at radius 2 is 1.93 bits per heavy atom. The summed E-state index contributed by atoms with van der Waals surface area (Å²) in [4.78, 5) is 18.3. The topological polar surface area (TPSA) is 79.8 Å². The Kier molecular flexibility index (Phi) is 6.33. The molecule has 29 heavy (non-hydrogen) atoms. The molecule has 0 bridgehead atoms. The van der Waals surface area contributed by atoms with Crippen molar-refractivity contribution in [2.75, 3.05) is 19.6 Å². The first-order valence-electron chi connectivity index (χ1n) is 10.2. The van der Waals surface area contributed by atoms with Gasteiger partial charge in [0.2, 0.25) is 10.0 Å². The van der Waals surface area contributed by atoms with Crippen molar-refractivity contribution in [3.05, 3.63) is 28.9 Å². The lowest BCUT2D eigenvalue weighted by Crippen LogP contribution is -2.52. The van der Waals surface area contributed by atoms with E-state index >= 15 is 0 Å². The Hall–Kier alpha value is -1.93. The predicted octanol–water partition coefficient (Wildman–Crippen LogP) is 1.47. The van der Waals surface area contributed by atoms with Crippen molar-refractivity contribution >= 4 is 28.3 Å². The first-order valence-corrected chi connectivity index (χ1v) is 11.7. The van der Waals surface area contributed by atoms with Gasteiger partial charge >= 0.3 is 6.09 Å². The molecule has 1 aromatic rings. The number of carbonyl (C=O) groups is 1. The molecule has 1 amide bonds. The number of pyridine rings is 1. The smallest absolute Gasteiger partial charge is 0.410 e. The highest BCUT2D eigenvalue weighted by atomic mass is 32.2. The molecule has 0 spiro atoms. The number of hydrogen-bond donors (Lipinski definition) is 0. The van der Waals surface area contributed by atoms with Crippen LogP contribution in [0.5, 0.6) is 0 Å². The van der Waals surface area contributed by atoms with E-state index in [9.17, 15) is 13.2 Å². The lowest BCUT2D eigenvalue weighted by Gasteiger charge is -2.37. The quantitative estimate of drug-likeness (QED) is 0.722. The Morgan fingerprint density at radius 3 is 2.66 bits per heavy atom. The van der Waals surface area contributed by atoms with Crippen molar-refractivity contribution < 1.29 is 17.9 Å². The summed E-state index contributed by atoms with van der Waals surface area (Å²) in [6, 6.07) is 1.52. The standard InChI is InChI=1S/C21H31N3O4S/c1-16-15-23(20(25)28-21(2,3)4)11-5-6-12-24(16)29(26,27)19-8-7-18-14-22-10-9-17(18)13-19/h7,9-10,13-14,16,19H,5-6,8,11-12,15H2,1-4H3/t16-,19?/m1/s1. The van der Waals surface area contributed by atoms with Crippen molar-refractivity contribution in [3.63, 3.8) is 0 Å². The Balaban J connectivity index is 1.80. The van der Waals surface area contributed by atoms with Gasteiger partial charge in [0.05, 0.1) is 5.25 Å². The molecule has 3 rings (SSSR count). The summed E-state index contributed by atoms with van der Waals surface area (Å²) in [5, 5.41) is 1.26. The fraction of sp³-hybridized carbons (Fsp3) is 0.619. The van der Waals surface area contributed by atoms with Crippen LogP contribution in [0.1, 0.15) is 47.0 Å². The van der Waals surface area contributed by atoms with Gasteiger partial charge in [-0.3, -0.25) is 4.98 Å². The minimum Gasteiger partial charge on any atom is -0.444 e. The largest absolute Gasteiger partial charge is 0.444 e. The van der Waals surface area contributed by atoms with E-state index in [-0.39, 0.29) is 12.1 Å². The third kappa shape index (κ3) is 5.17. The fourth-order valence-electron chi connectivity index (χ4n) is 3.80. The van der Waals surface area contributed by atoms with Crippen LogP contribution >= 0.6 is 0 Å². The normalized spacial score (nSPS) is 23.8. The number of aromatic nitrogens is 1. The molecule has 2 atom stereocenters. The monoisotopic (exact) mass is 421 g/mol. The number of sulfonamides is 1. The molecule has 8 heteroatoms. The molecule has 2 heterocycles. The molecule has 1 aliphatic heterocycles. The van der Waals surface area contributed by atoms with Gasteiger partial charge in [0, 0.05) is 38.1 Å². The first kappa shape index (κ1) is 21.8. The fourth-order valence-corrected chi connectivity index (χ4v) is 5.75. The number of ether oxygens (including phenoxy) is 1. The van der Waals surface area contributed by atoms with E-state index in [1.807, 2.05) is 45.9 Å². The van der Waals surface area contributed by atoms with E-state index < -0.39 is 20.9 Å². The Labute approximate surface area is 173 Å². The maximum Gasteiger partial charge on any atom is 0.410 e. The van der Waals surface area contributed by atoms with Crippen LogP contribution in [-0.4, -0.2) is 65.2 Å². The molecule has 1 aliphatic carbocycles. The van der Waals surface area contributed by atoms with Gasteiger partial charge in [-0.15, -0.1) is 0 Å². The van der Waals surface area contributed by atoms with E-state index in [1.165, 1.54) is 0 Å². The number of carbonyl (C=O) groups excluding carboxylic acids is 1. The zero-order valence-corrected chi connectivity index (χ0v) is 18.5. The predicted molar refractivity (Wildman–Crippen MR) is 113 cm³/mol. The molecule has 7 nitrogen and oxygen atoms in total. The summed E-state index contributed by atoms with van der Waals surface area (Å²) >= 11 is 0. The van der Waals surface area contributed by atoms with Gasteiger partial charge in [-0.05, 0) is 63.5 Å². The van der Waals surface area contributed by atoms with Crippen molar-refractivity contribution in [1.29, 1.82) is 0 Å². The van der Waals surface area contributed by atoms with E-state index in [2.05, 4.69) is 4.98 Å². The van der Waals surface area contributed by atoms with Crippen LogP contribution in [0.2, 0.25) is 0 Å². The lowest BCUT2D eigenvalue weighted by molar-refractivity contribution is 0.0197. The number of rotatable bonds is 2. The minimum absolute atomic E-state index is 0.319. The summed E-state index contributed by atoms with van der Waals surface area (Å²) in [5.74, 6) is 0. The summed E-state index contributed by atoms with van der Waals surface area (Å²) < 4.78 is 34.0. The minimum atomic E-state index is -3.55. The van der Waals surface area contributed by atoms with E-state index in [1.54, 1.807) is 21.6 Å². The number of fused-ring (bicyclic) bond motifs is 1. The molecule has 160 valence electrons. The number of nitrogens with zero attached hydrogens (tertiary/aromatic N) is 3. The van der Waals surface area contributed by atoms with Crippen LogP contribution in [0.3, 0.4) is 0 Å². The van der Waals surface area contributed by atoms with Crippen LogP contribution in [0.15, 0.2) is 18.5 Å². The number of amides is 1. The molecule has 1 aromatic heterocycles. The van der Waals surface area contributed by atoms with Crippen LogP contribution < -0.4 is 10.4 Å². The highest BCUT2D eigenvalue weighted by Crippen LogP contribution is 2.22. The number of hydrogen-bond acceptors (Lipinski definition) is 5. The van der Waals surface area contributed by atoms with Crippen LogP contribution in [-0.2, 0) is 14.8 Å². The summed E-state index contributed by atoms with van der Waals surface area (Å²) in [6.45, 7) is 8.74. The van der Waals surface area contributed by atoms with E-state index in [0.29, 0.717) is 32.5 Å². The van der Waals surface area contributed by atoms with Crippen LogP contribution in [0, 0.1) is 0 Å². The second-order valence-electron chi connectivity index (χ2n) is 8.79. The average molecular weight is 422 g/mol. The molecular weight excluding hydrogens is 390 g/mol. The van der Waals surface area contributed by atoms with Gasteiger partial charge in [-0.2, -0.15) is 4.31 Å². The van der Waals surface area contributed by atoms with Gasteiger partial charge in [-0.1, -0.05) is 12.2 Å². The zero-order chi connectivity index (χ0) is 21.2. The van der Waals surface area contributed by atoms with Gasteiger partial charge in [0.25, 0.3) is 0 Å². The van der Waals surface area contributed by atoms with Crippen molar-refractivity contribution in [2.24, 2.45) is 0 Å². The summed E-state index contributed by atoms with van der Waals surface area (Å²) in [5.41, 5.74) is -0.580. The molecule has 2 aliphatic rings. The van der Waals surface area contributed by atoms with Crippen LogP contribution in [0.4, 0.5) is 4.79 Å². The molecule has 1 unspecified atom stereocenters. The van der Waals surface area contributed by atoms with Crippen molar-refractivity contribution in [3.8, 4) is 0 Å². The summed E-state index contributed by atoms with van der Waals surface area (Å²) in [7, 11) is -3.55. The lowest BCUT2D eigenvalue weighted by atomic mass is 10.1. The highest BCUT2D eigenvalue weighted by molar-refractivity contribution is 7.90. The van der Waals surface area contributed by atoms with Crippen molar-refractivity contribution in [1.82, 2.24) is 14.2 Å². The maximum atomic E-state index is 13.5. The second-order valence-corrected chi connectivity index (χ2v) is 10.9. The van der Waals surface area contributed by atoms with Gasteiger partial charge in [0.15, 0.2) is 0 Å². The second kappa shape index (κ2) is 8.44. The van der Waals surface area contributed by atoms with Crippen molar-refractivity contribution in [2.45, 2.75) is 63.9 Å². The molecule has 0 saturated carbocycles. The SMILES string of the molecule is C[C@@H]1CN(C(=O)OC(C)(C)C)CCCCN1S(=O)(=O)C1C=c2ccncc2=CC1. The average Bonchev–Trinajstić information content (AvgIpc) is 2.62. The first-order chi connectivity index (χ1) is 13.6. The third-order valence-electron chi connectivity index (χ3n) is 5.22. The molecule has 0 N–H and O–H groups in total. The summed E-state index contributed by atoms with van der Waals surface area (Å²) in [6.07, 6.45) is 8.69. The Bertz CT molecular complexity index is 968.